The largest absolute Gasteiger partial charge is 0.452 e. The predicted molar refractivity (Wildman–Crippen MR) is 86.4 cm³/mol. The topological polar surface area (TPSA) is 64.6 Å². The van der Waals surface area contributed by atoms with Gasteiger partial charge in [-0.1, -0.05) is 36.4 Å². The highest BCUT2D eigenvalue weighted by Crippen LogP contribution is 2.16. The van der Waals surface area contributed by atoms with Gasteiger partial charge in [0.25, 0.3) is 5.91 Å². The van der Waals surface area contributed by atoms with Crippen molar-refractivity contribution in [1.29, 1.82) is 0 Å². The first kappa shape index (κ1) is 18.4. The van der Waals surface area contributed by atoms with Crippen LogP contribution in [0.1, 0.15) is 28.9 Å². The Morgan fingerprint density at radius 3 is 2.48 bits per heavy atom. The number of ether oxygens (including phenoxy) is 2. The van der Waals surface area contributed by atoms with Crippen LogP contribution in [0.2, 0.25) is 0 Å². The van der Waals surface area contributed by atoms with Gasteiger partial charge >= 0.3 is 12.6 Å². The van der Waals surface area contributed by atoms with Gasteiger partial charge in [0.05, 0.1) is 11.6 Å². The van der Waals surface area contributed by atoms with Gasteiger partial charge in [0, 0.05) is 0 Å². The van der Waals surface area contributed by atoms with Crippen molar-refractivity contribution >= 4 is 11.9 Å². The monoisotopic (exact) mass is 349 g/mol. The number of amides is 1. The summed E-state index contributed by atoms with van der Waals surface area (Å²) in [5.41, 5.74) is 0.932. The second kappa shape index (κ2) is 8.77. The summed E-state index contributed by atoms with van der Waals surface area (Å²) in [5, 5.41) is 2.70. The van der Waals surface area contributed by atoms with Crippen LogP contribution in [0.15, 0.2) is 54.6 Å². The van der Waals surface area contributed by atoms with Crippen molar-refractivity contribution in [1.82, 2.24) is 5.32 Å². The number of carbonyl (C=O) groups excluding carboxylic acids is 2. The molecule has 0 aliphatic carbocycles. The molecule has 1 atom stereocenters. The molecule has 0 heterocycles. The fourth-order valence-corrected chi connectivity index (χ4v) is 2.12. The van der Waals surface area contributed by atoms with Crippen molar-refractivity contribution < 1.29 is 27.8 Å². The second-order valence-corrected chi connectivity index (χ2v) is 5.18. The molecule has 0 spiro atoms. The molecule has 0 aliphatic heterocycles. The SMILES string of the molecule is C[C@H](NC(=O)COC(=O)c1cccc(OC(F)F)c1)c1ccccc1. The second-order valence-electron chi connectivity index (χ2n) is 5.18. The molecule has 0 radical (unpaired) electrons. The molecule has 1 N–H and O–H groups in total. The van der Waals surface area contributed by atoms with E-state index in [1.165, 1.54) is 18.2 Å². The summed E-state index contributed by atoms with van der Waals surface area (Å²) >= 11 is 0. The van der Waals surface area contributed by atoms with E-state index in [2.05, 4.69) is 10.1 Å². The van der Waals surface area contributed by atoms with Gasteiger partial charge in [0.2, 0.25) is 0 Å². The van der Waals surface area contributed by atoms with E-state index in [-0.39, 0.29) is 17.4 Å². The first-order valence-corrected chi connectivity index (χ1v) is 7.52. The van der Waals surface area contributed by atoms with Crippen LogP contribution in [-0.2, 0) is 9.53 Å². The van der Waals surface area contributed by atoms with E-state index in [1.54, 1.807) is 6.92 Å². The zero-order valence-electron chi connectivity index (χ0n) is 13.4. The van der Waals surface area contributed by atoms with E-state index < -0.39 is 25.1 Å². The molecule has 2 aromatic rings. The Balaban J connectivity index is 1.86. The summed E-state index contributed by atoms with van der Waals surface area (Å²) in [7, 11) is 0. The van der Waals surface area contributed by atoms with Gasteiger partial charge in [0.1, 0.15) is 5.75 Å². The minimum atomic E-state index is -2.99. The van der Waals surface area contributed by atoms with Gasteiger partial charge in [-0.05, 0) is 30.7 Å². The fraction of sp³-hybridized carbons (Fsp3) is 0.222. The van der Waals surface area contributed by atoms with Crippen LogP contribution in [0.5, 0.6) is 5.75 Å². The summed E-state index contributed by atoms with van der Waals surface area (Å²) in [5.74, 6) is -1.43. The average molecular weight is 349 g/mol. The molecule has 2 aromatic carbocycles. The number of rotatable bonds is 7. The standard InChI is InChI=1S/C18H17F2NO4/c1-12(13-6-3-2-4-7-13)21-16(22)11-24-17(23)14-8-5-9-15(10-14)25-18(19)20/h2-10,12,18H,11H2,1H3,(H,21,22)/t12-/m0/s1. The highest BCUT2D eigenvalue weighted by Gasteiger charge is 2.14. The number of benzene rings is 2. The Morgan fingerprint density at radius 2 is 1.80 bits per heavy atom. The maximum atomic E-state index is 12.2. The lowest BCUT2D eigenvalue weighted by molar-refractivity contribution is -0.124. The average Bonchev–Trinajstić information content (AvgIpc) is 2.60. The van der Waals surface area contributed by atoms with Crippen molar-refractivity contribution in [2.45, 2.75) is 19.6 Å². The zero-order chi connectivity index (χ0) is 18.2. The Labute approximate surface area is 143 Å². The van der Waals surface area contributed by atoms with E-state index in [4.69, 9.17) is 4.74 Å². The van der Waals surface area contributed by atoms with Crippen LogP contribution < -0.4 is 10.1 Å². The van der Waals surface area contributed by atoms with Gasteiger partial charge in [0.15, 0.2) is 6.61 Å². The van der Waals surface area contributed by atoms with E-state index in [1.807, 2.05) is 30.3 Å². The maximum Gasteiger partial charge on any atom is 0.387 e. The summed E-state index contributed by atoms with van der Waals surface area (Å²) in [6.07, 6.45) is 0. The number of halogens is 2. The van der Waals surface area contributed by atoms with Crippen molar-refractivity contribution in [3.8, 4) is 5.75 Å². The molecular weight excluding hydrogens is 332 g/mol. The van der Waals surface area contributed by atoms with Crippen LogP contribution >= 0.6 is 0 Å². The smallest absolute Gasteiger partial charge is 0.387 e. The number of hydrogen-bond acceptors (Lipinski definition) is 4. The lowest BCUT2D eigenvalue weighted by Crippen LogP contribution is -2.31. The van der Waals surface area contributed by atoms with Crippen LogP contribution in [0.4, 0.5) is 8.78 Å². The summed E-state index contributed by atoms with van der Waals surface area (Å²) in [6, 6.07) is 14.2. The van der Waals surface area contributed by atoms with Crippen LogP contribution in [0.3, 0.4) is 0 Å². The van der Waals surface area contributed by atoms with Gasteiger partial charge in [-0.2, -0.15) is 8.78 Å². The molecule has 0 aromatic heterocycles. The number of alkyl halides is 2. The van der Waals surface area contributed by atoms with Crippen LogP contribution in [-0.4, -0.2) is 25.1 Å². The molecule has 0 bridgehead atoms. The maximum absolute atomic E-state index is 12.2. The Morgan fingerprint density at radius 1 is 1.08 bits per heavy atom. The first-order chi connectivity index (χ1) is 12.0. The lowest BCUT2D eigenvalue weighted by atomic mass is 10.1. The van der Waals surface area contributed by atoms with E-state index in [0.717, 1.165) is 11.6 Å². The minimum absolute atomic E-state index is 0.0158. The summed E-state index contributed by atoms with van der Waals surface area (Å²) in [4.78, 5) is 23.8. The van der Waals surface area contributed by atoms with Gasteiger partial charge < -0.3 is 14.8 Å². The van der Waals surface area contributed by atoms with Gasteiger partial charge in [-0.3, -0.25) is 4.79 Å². The van der Waals surface area contributed by atoms with Crippen molar-refractivity contribution in [3.63, 3.8) is 0 Å². The number of carbonyl (C=O) groups is 2. The molecule has 7 heteroatoms. The van der Waals surface area contributed by atoms with Crippen molar-refractivity contribution in [2.24, 2.45) is 0 Å². The van der Waals surface area contributed by atoms with Crippen molar-refractivity contribution in [2.75, 3.05) is 6.61 Å². The highest BCUT2D eigenvalue weighted by atomic mass is 19.3. The zero-order valence-corrected chi connectivity index (χ0v) is 13.4. The minimum Gasteiger partial charge on any atom is -0.452 e. The fourth-order valence-electron chi connectivity index (χ4n) is 2.12. The molecule has 0 unspecified atom stereocenters. The Bertz CT molecular complexity index is 722. The summed E-state index contributed by atoms with van der Waals surface area (Å²) < 4.78 is 33.5. The van der Waals surface area contributed by atoms with Crippen LogP contribution in [0, 0.1) is 0 Å². The lowest BCUT2D eigenvalue weighted by Gasteiger charge is -2.14. The molecule has 0 saturated heterocycles. The number of nitrogens with one attached hydrogen (secondary N) is 1. The van der Waals surface area contributed by atoms with Crippen molar-refractivity contribution in [3.05, 3.63) is 65.7 Å². The van der Waals surface area contributed by atoms with Gasteiger partial charge in [-0.25, -0.2) is 4.79 Å². The molecule has 5 nitrogen and oxygen atoms in total. The van der Waals surface area contributed by atoms with Gasteiger partial charge in [-0.15, -0.1) is 0 Å². The van der Waals surface area contributed by atoms with E-state index in [0.29, 0.717) is 0 Å². The third kappa shape index (κ3) is 5.87. The Hall–Kier alpha value is -2.96. The van der Waals surface area contributed by atoms with Crippen LogP contribution in [0.25, 0.3) is 0 Å². The molecule has 132 valence electrons. The molecule has 1 amide bonds. The molecular formula is C18H17F2NO4. The first-order valence-electron chi connectivity index (χ1n) is 7.52. The Kier molecular flexibility index (Phi) is 6.45. The number of hydrogen-bond donors (Lipinski definition) is 1. The molecule has 2 rings (SSSR count). The van der Waals surface area contributed by atoms with E-state index in [9.17, 15) is 18.4 Å². The normalized spacial score (nSPS) is 11.7. The third-order valence-corrected chi connectivity index (χ3v) is 3.31. The van der Waals surface area contributed by atoms with E-state index >= 15 is 0 Å². The third-order valence-electron chi connectivity index (χ3n) is 3.31. The molecule has 0 saturated carbocycles. The number of esters is 1. The molecule has 0 aliphatic rings. The highest BCUT2D eigenvalue weighted by molar-refractivity contribution is 5.91. The summed E-state index contributed by atoms with van der Waals surface area (Å²) in [6.45, 7) is -1.66. The predicted octanol–water partition coefficient (Wildman–Crippen LogP) is 3.32. The molecule has 25 heavy (non-hydrogen) atoms. The quantitative estimate of drug-likeness (QED) is 0.779. The molecule has 0 fully saturated rings.